The molecule has 0 aliphatic heterocycles. The summed E-state index contributed by atoms with van der Waals surface area (Å²) in [6, 6.07) is 4.26. The van der Waals surface area contributed by atoms with E-state index in [4.69, 9.17) is 21.4 Å². The van der Waals surface area contributed by atoms with E-state index in [-0.39, 0.29) is 10.6 Å². The Morgan fingerprint density at radius 2 is 2.33 bits per heavy atom. The lowest BCUT2D eigenvalue weighted by Gasteiger charge is -2.04. The molecule has 1 aromatic carbocycles. The third kappa shape index (κ3) is 2.77. The van der Waals surface area contributed by atoms with Crippen molar-refractivity contribution in [3.05, 3.63) is 34.6 Å². The van der Waals surface area contributed by atoms with Crippen molar-refractivity contribution in [2.45, 2.75) is 13.3 Å². The maximum Gasteiger partial charge on any atom is 0.335 e. The number of carboxylic acid groups (broad SMARTS) is 1. The lowest BCUT2D eigenvalue weighted by molar-refractivity contribution is 0.0697. The minimum atomic E-state index is -1.03. The van der Waals surface area contributed by atoms with Gasteiger partial charge in [-0.3, -0.25) is 0 Å². The minimum absolute atomic E-state index is 0.110. The quantitative estimate of drug-likeness (QED) is 0.933. The molecule has 5 nitrogen and oxygen atoms in total. The molecule has 1 N–H and O–H groups in total. The summed E-state index contributed by atoms with van der Waals surface area (Å²) in [6.45, 7) is 1.94. The zero-order valence-electron chi connectivity index (χ0n) is 9.38. The summed E-state index contributed by atoms with van der Waals surface area (Å²) < 4.78 is 9.52. The molecule has 1 aromatic heterocycles. The molecule has 0 spiro atoms. The Bertz CT molecular complexity index is 585. The van der Waals surface area contributed by atoms with Crippen LogP contribution < -0.4 is 4.74 Å². The molecule has 0 saturated heterocycles. The summed E-state index contributed by atoms with van der Waals surface area (Å²) in [6.07, 6.45) is 0.728. The van der Waals surface area contributed by atoms with Crippen LogP contribution in [0, 0.1) is 0 Å². The third-order valence-electron chi connectivity index (χ3n) is 2.14. The lowest BCUT2D eigenvalue weighted by Crippen LogP contribution is -1.96. The topological polar surface area (TPSA) is 72.3 Å². The average Bonchev–Trinajstić information content (AvgIpc) is 2.79. The van der Waals surface area contributed by atoms with Gasteiger partial charge in [-0.25, -0.2) is 4.79 Å². The van der Waals surface area contributed by atoms with E-state index in [0.717, 1.165) is 18.0 Å². The van der Waals surface area contributed by atoms with Crippen molar-refractivity contribution in [2.75, 3.05) is 0 Å². The molecule has 94 valence electrons. The molecule has 18 heavy (non-hydrogen) atoms. The van der Waals surface area contributed by atoms with Crippen LogP contribution >= 0.6 is 23.1 Å². The molecule has 0 aliphatic rings. The number of aromatic nitrogens is 2. The van der Waals surface area contributed by atoms with Gasteiger partial charge in [0.2, 0.25) is 0 Å². The van der Waals surface area contributed by atoms with Gasteiger partial charge < -0.3 is 9.84 Å². The van der Waals surface area contributed by atoms with E-state index in [0.29, 0.717) is 16.8 Å². The number of nitrogens with zero attached hydrogens (tertiary/aromatic N) is 2. The maximum atomic E-state index is 10.7. The fourth-order valence-corrected chi connectivity index (χ4v) is 2.08. The molecule has 1 heterocycles. The third-order valence-corrected chi connectivity index (χ3v) is 3.07. The van der Waals surface area contributed by atoms with Gasteiger partial charge in [0.25, 0.3) is 5.19 Å². The van der Waals surface area contributed by atoms with Crippen LogP contribution in [0.15, 0.2) is 18.2 Å². The second kappa shape index (κ2) is 5.32. The second-order valence-electron chi connectivity index (χ2n) is 3.38. The van der Waals surface area contributed by atoms with Crippen LogP contribution in [-0.2, 0) is 6.42 Å². The van der Waals surface area contributed by atoms with Crippen molar-refractivity contribution in [3.63, 3.8) is 0 Å². The fraction of sp³-hybridized carbons (Fsp3) is 0.182. The van der Waals surface area contributed by atoms with Gasteiger partial charge in [-0.1, -0.05) is 18.5 Å². The summed E-state index contributed by atoms with van der Waals surface area (Å²) in [5.41, 5.74) is 0.110. The largest absolute Gasteiger partial charge is 0.478 e. The van der Waals surface area contributed by atoms with Crippen LogP contribution in [0.4, 0.5) is 0 Å². The molecular formula is C11H9ClN2O3S. The second-order valence-corrected chi connectivity index (χ2v) is 4.50. The number of ether oxygens (including phenoxy) is 1. The maximum absolute atomic E-state index is 10.7. The Hall–Kier alpha value is -1.66. The SMILES string of the molecule is CCc1nsc(Oc2ccc(C(=O)O)cc2Cl)n1. The van der Waals surface area contributed by atoms with Crippen LogP contribution in [0.3, 0.4) is 0 Å². The molecule has 0 unspecified atom stereocenters. The molecule has 0 atom stereocenters. The van der Waals surface area contributed by atoms with E-state index in [1.54, 1.807) is 0 Å². The van der Waals surface area contributed by atoms with E-state index in [9.17, 15) is 4.79 Å². The molecule has 2 rings (SSSR count). The molecule has 7 heteroatoms. The van der Waals surface area contributed by atoms with Gasteiger partial charge in [0, 0.05) is 18.0 Å². The van der Waals surface area contributed by atoms with Gasteiger partial charge in [-0.15, -0.1) is 0 Å². The number of aromatic carboxylic acids is 1. The van der Waals surface area contributed by atoms with Gasteiger partial charge in [-0.05, 0) is 18.2 Å². The first-order chi connectivity index (χ1) is 8.60. The summed E-state index contributed by atoms with van der Waals surface area (Å²) in [4.78, 5) is 14.9. The van der Waals surface area contributed by atoms with Gasteiger partial charge in [0.1, 0.15) is 11.6 Å². The van der Waals surface area contributed by atoms with E-state index in [2.05, 4.69) is 9.36 Å². The molecule has 0 bridgehead atoms. The number of benzene rings is 1. The van der Waals surface area contributed by atoms with E-state index in [1.165, 1.54) is 18.2 Å². The molecule has 0 saturated carbocycles. The zero-order chi connectivity index (χ0) is 13.1. The fourth-order valence-electron chi connectivity index (χ4n) is 1.23. The van der Waals surface area contributed by atoms with Crippen molar-refractivity contribution < 1.29 is 14.6 Å². The number of rotatable bonds is 4. The highest BCUT2D eigenvalue weighted by Crippen LogP contribution is 2.30. The van der Waals surface area contributed by atoms with Crippen molar-refractivity contribution in [2.24, 2.45) is 0 Å². The van der Waals surface area contributed by atoms with Crippen molar-refractivity contribution >= 4 is 29.1 Å². The lowest BCUT2D eigenvalue weighted by atomic mass is 10.2. The first-order valence-electron chi connectivity index (χ1n) is 5.13. The number of hydrogen-bond donors (Lipinski definition) is 1. The predicted molar refractivity (Wildman–Crippen MR) is 67.8 cm³/mol. The van der Waals surface area contributed by atoms with Crippen molar-refractivity contribution in [1.29, 1.82) is 0 Å². The van der Waals surface area contributed by atoms with Gasteiger partial charge in [0.15, 0.2) is 0 Å². The Morgan fingerprint density at radius 3 is 2.89 bits per heavy atom. The van der Waals surface area contributed by atoms with Crippen LogP contribution in [0.25, 0.3) is 0 Å². The van der Waals surface area contributed by atoms with Crippen LogP contribution in [0.2, 0.25) is 5.02 Å². The highest BCUT2D eigenvalue weighted by molar-refractivity contribution is 7.07. The summed E-state index contributed by atoms with van der Waals surface area (Å²) in [7, 11) is 0. The highest BCUT2D eigenvalue weighted by atomic mass is 35.5. The first kappa shape index (κ1) is 12.8. The average molecular weight is 285 g/mol. The summed E-state index contributed by atoms with van der Waals surface area (Å²) >= 11 is 7.06. The Morgan fingerprint density at radius 1 is 1.56 bits per heavy atom. The molecule has 0 radical (unpaired) electrons. The molecule has 0 amide bonds. The predicted octanol–water partition coefficient (Wildman–Crippen LogP) is 3.24. The standard InChI is InChI=1S/C11H9ClN2O3S/c1-2-9-13-11(18-14-9)17-8-4-3-6(10(15)16)5-7(8)12/h3-5H,2H2,1H3,(H,15,16). The molecule has 2 aromatic rings. The van der Waals surface area contributed by atoms with Crippen molar-refractivity contribution in [1.82, 2.24) is 9.36 Å². The van der Waals surface area contributed by atoms with Crippen LogP contribution in [0.1, 0.15) is 23.1 Å². The van der Waals surface area contributed by atoms with E-state index in [1.807, 2.05) is 6.92 Å². The monoisotopic (exact) mass is 284 g/mol. The zero-order valence-corrected chi connectivity index (χ0v) is 11.0. The van der Waals surface area contributed by atoms with Gasteiger partial charge in [-0.2, -0.15) is 9.36 Å². The number of aryl methyl sites for hydroxylation is 1. The Balaban J connectivity index is 2.21. The van der Waals surface area contributed by atoms with Gasteiger partial charge in [0.05, 0.1) is 10.6 Å². The van der Waals surface area contributed by atoms with Crippen molar-refractivity contribution in [3.8, 4) is 10.9 Å². The van der Waals surface area contributed by atoms with Crippen LogP contribution in [0.5, 0.6) is 10.9 Å². The minimum Gasteiger partial charge on any atom is -0.478 e. The summed E-state index contributed by atoms with van der Waals surface area (Å²) in [5.74, 6) is 0.0291. The van der Waals surface area contributed by atoms with E-state index < -0.39 is 5.97 Å². The number of hydrogen-bond acceptors (Lipinski definition) is 5. The number of carboxylic acids is 1. The number of carbonyl (C=O) groups is 1. The normalized spacial score (nSPS) is 10.3. The summed E-state index contributed by atoms with van der Waals surface area (Å²) in [5, 5.41) is 9.42. The van der Waals surface area contributed by atoms with Gasteiger partial charge >= 0.3 is 5.97 Å². The molecule has 0 fully saturated rings. The first-order valence-corrected chi connectivity index (χ1v) is 6.28. The molecule has 0 aliphatic carbocycles. The Labute approximate surface area is 112 Å². The molecular weight excluding hydrogens is 276 g/mol. The Kier molecular flexibility index (Phi) is 3.78. The van der Waals surface area contributed by atoms with Crippen LogP contribution in [-0.4, -0.2) is 20.4 Å². The number of halogens is 1. The van der Waals surface area contributed by atoms with E-state index >= 15 is 0 Å². The smallest absolute Gasteiger partial charge is 0.335 e. The highest BCUT2D eigenvalue weighted by Gasteiger charge is 2.11.